The first-order valence-electron chi connectivity index (χ1n) is 11.9. The lowest BCUT2D eigenvalue weighted by Crippen LogP contribution is -2.32. The number of imidazole rings is 1. The second kappa shape index (κ2) is 12.6. The SMILES string of the molecule is CCOc1ccc(Cc2nc3cc(N=C(N)c4cccs4)ccc3n2C2CCN(C)CC2)cc1.Cl.Cl. The summed E-state index contributed by atoms with van der Waals surface area (Å²) >= 11 is 1.60. The zero-order valence-corrected chi connectivity index (χ0v) is 23.0. The van der Waals surface area contributed by atoms with Crippen LogP contribution >= 0.6 is 36.2 Å². The molecule has 9 heteroatoms. The van der Waals surface area contributed by atoms with Gasteiger partial charge in [0.25, 0.3) is 0 Å². The predicted molar refractivity (Wildman–Crippen MR) is 155 cm³/mol. The van der Waals surface area contributed by atoms with Gasteiger partial charge in [-0.2, -0.15) is 0 Å². The van der Waals surface area contributed by atoms with Gasteiger partial charge in [0, 0.05) is 12.5 Å². The molecule has 0 spiro atoms. The number of thiophene rings is 1. The zero-order valence-electron chi connectivity index (χ0n) is 20.6. The molecule has 0 radical (unpaired) electrons. The summed E-state index contributed by atoms with van der Waals surface area (Å²) in [4.78, 5) is 13.1. The minimum atomic E-state index is 0. The van der Waals surface area contributed by atoms with E-state index in [0.717, 1.165) is 60.0 Å². The fourth-order valence-electron chi connectivity index (χ4n) is 4.66. The third-order valence-electron chi connectivity index (χ3n) is 6.42. The van der Waals surface area contributed by atoms with Gasteiger partial charge in [-0.05, 0) is 87.2 Å². The van der Waals surface area contributed by atoms with Crippen LogP contribution in [0.15, 0.2) is 65.0 Å². The van der Waals surface area contributed by atoms with Crippen LogP contribution in [0.1, 0.15) is 42.1 Å². The number of ether oxygens (including phenoxy) is 1. The smallest absolute Gasteiger partial charge is 0.141 e. The highest BCUT2D eigenvalue weighted by molar-refractivity contribution is 7.12. The highest BCUT2D eigenvalue weighted by Gasteiger charge is 2.23. The van der Waals surface area contributed by atoms with Gasteiger partial charge in [-0.15, -0.1) is 36.2 Å². The number of hydrogen-bond donors (Lipinski definition) is 1. The van der Waals surface area contributed by atoms with Crippen molar-refractivity contribution in [1.29, 1.82) is 0 Å². The van der Waals surface area contributed by atoms with E-state index in [0.29, 0.717) is 18.5 Å². The quantitative estimate of drug-likeness (QED) is 0.220. The van der Waals surface area contributed by atoms with Gasteiger partial charge in [0.1, 0.15) is 17.4 Å². The third kappa shape index (κ3) is 6.21. The Morgan fingerprint density at radius 3 is 2.53 bits per heavy atom. The summed E-state index contributed by atoms with van der Waals surface area (Å²) in [6, 6.07) is 19.1. The molecule has 2 aromatic heterocycles. The van der Waals surface area contributed by atoms with Gasteiger partial charge in [0.15, 0.2) is 0 Å². The van der Waals surface area contributed by atoms with Crippen molar-refractivity contribution in [3.05, 3.63) is 76.2 Å². The molecule has 6 nitrogen and oxygen atoms in total. The molecule has 0 amide bonds. The Kier molecular flexibility index (Phi) is 9.79. The van der Waals surface area contributed by atoms with Crippen molar-refractivity contribution < 1.29 is 4.74 Å². The van der Waals surface area contributed by atoms with E-state index in [9.17, 15) is 0 Å². The molecule has 0 bridgehead atoms. The maximum Gasteiger partial charge on any atom is 0.141 e. The molecule has 1 fully saturated rings. The van der Waals surface area contributed by atoms with E-state index in [1.807, 2.05) is 36.6 Å². The topological polar surface area (TPSA) is 68.7 Å². The molecule has 3 heterocycles. The summed E-state index contributed by atoms with van der Waals surface area (Å²) in [6.07, 6.45) is 3.04. The van der Waals surface area contributed by atoms with E-state index in [1.54, 1.807) is 11.3 Å². The number of piperidine rings is 1. The maximum absolute atomic E-state index is 6.24. The summed E-state index contributed by atoms with van der Waals surface area (Å²) in [5.41, 5.74) is 10.4. The summed E-state index contributed by atoms with van der Waals surface area (Å²) in [6.45, 7) is 4.89. The van der Waals surface area contributed by atoms with Gasteiger partial charge in [-0.1, -0.05) is 18.2 Å². The fourth-order valence-corrected chi connectivity index (χ4v) is 5.29. The van der Waals surface area contributed by atoms with Crippen LogP contribution in [0.4, 0.5) is 5.69 Å². The highest BCUT2D eigenvalue weighted by atomic mass is 35.5. The molecule has 5 rings (SSSR count). The van der Waals surface area contributed by atoms with Crippen LogP contribution < -0.4 is 10.5 Å². The summed E-state index contributed by atoms with van der Waals surface area (Å²) in [7, 11) is 2.20. The van der Waals surface area contributed by atoms with E-state index in [2.05, 4.69) is 51.8 Å². The molecule has 1 aliphatic rings. The number of aliphatic imine (C=N–C) groups is 1. The second-order valence-corrected chi connectivity index (χ2v) is 9.78. The molecule has 36 heavy (non-hydrogen) atoms. The Labute approximate surface area is 229 Å². The number of benzene rings is 2. The van der Waals surface area contributed by atoms with Gasteiger partial charge in [-0.3, -0.25) is 0 Å². The molecule has 4 aromatic rings. The van der Waals surface area contributed by atoms with Crippen molar-refractivity contribution >= 4 is 58.7 Å². The van der Waals surface area contributed by atoms with Gasteiger partial charge in [-0.25, -0.2) is 9.98 Å². The molecule has 0 unspecified atom stereocenters. The largest absolute Gasteiger partial charge is 0.494 e. The van der Waals surface area contributed by atoms with Crippen LogP contribution in [0.5, 0.6) is 5.75 Å². The lowest BCUT2D eigenvalue weighted by Gasteiger charge is -2.31. The molecule has 2 N–H and O–H groups in total. The summed E-state index contributed by atoms with van der Waals surface area (Å²) in [5, 5.41) is 2.01. The molecular formula is C27H33Cl2N5OS. The van der Waals surface area contributed by atoms with Crippen molar-refractivity contribution in [3.63, 3.8) is 0 Å². The predicted octanol–water partition coefficient (Wildman–Crippen LogP) is 6.23. The number of hydrogen-bond acceptors (Lipinski definition) is 5. The lowest BCUT2D eigenvalue weighted by atomic mass is 10.0. The minimum absolute atomic E-state index is 0. The highest BCUT2D eigenvalue weighted by Crippen LogP contribution is 2.31. The van der Waals surface area contributed by atoms with Crippen molar-refractivity contribution in [2.45, 2.75) is 32.2 Å². The maximum atomic E-state index is 6.24. The van der Waals surface area contributed by atoms with Crippen LogP contribution in [0.25, 0.3) is 11.0 Å². The second-order valence-electron chi connectivity index (χ2n) is 8.83. The van der Waals surface area contributed by atoms with Crippen LogP contribution in [0, 0.1) is 0 Å². The molecule has 1 aliphatic heterocycles. The van der Waals surface area contributed by atoms with Crippen LogP contribution in [-0.2, 0) is 6.42 Å². The third-order valence-corrected chi connectivity index (χ3v) is 7.31. The van der Waals surface area contributed by atoms with Gasteiger partial charge in [0.2, 0.25) is 0 Å². The molecule has 0 aliphatic carbocycles. The number of halogens is 2. The average Bonchev–Trinajstić information content (AvgIpc) is 3.49. The van der Waals surface area contributed by atoms with E-state index < -0.39 is 0 Å². The fraction of sp³-hybridized carbons (Fsp3) is 0.333. The number of fused-ring (bicyclic) bond motifs is 1. The molecule has 1 saturated heterocycles. The van der Waals surface area contributed by atoms with Gasteiger partial charge < -0.3 is 19.9 Å². The first-order valence-corrected chi connectivity index (χ1v) is 12.8. The van der Waals surface area contributed by atoms with E-state index >= 15 is 0 Å². The van der Waals surface area contributed by atoms with E-state index in [-0.39, 0.29) is 24.8 Å². The zero-order chi connectivity index (χ0) is 23.5. The first kappa shape index (κ1) is 28.0. The normalized spacial score (nSPS) is 14.9. The Balaban J connectivity index is 0.00000180. The Bertz CT molecular complexity index is 1280. The van der Waals surface area contributed by atoms with Crippen molar-refractivity contribution in [2.24, 2.45) is 10.7 Å². The van der Waals surface area contributed by atoms with Crippen molar-refractivity contribution in [1.82, 2.24) is 14.5 Å². The number of rotatable bonds is 7. The number of nitrogens with two attached hydrogens (primary N) is 1. The molecule has 0 saturated carbocycles. The van der Waals surface area contributed by atoms with E-state index in [4.69, 9.17) is 15.5 Å². The van der Waals surface area contributed by atoms with Crippen molar-refractivity contribution in [3.8, 4) is 5.75 Å². The van der Waals surface area contributed by atoms with Crippen molar-refractivity contribution in [2.75, 3.05) is 26.7 Å². The molecular weight excluding hydrogens is 513 g/mol. The minimum Gasteiger partial charge on any atom is -0.494 e. The number of likely N-dealkylation sites (tertiary alicyclic amines) is 1. The molecule has 0 atom stereocenters. The number of aromatic nitrogens is 2. The first-order chi connectivity index (χ1) is 16.6. The standard InChI is InChI=1S/C27H31N5OS.2ClH/c1-3-33-22-9-6-19(7-10-22)17-26-30-23-18-20(29-27(28)25-5-4-16-34-25)8-11-24(23)32(26)21-12-14-31(2)15-13-21;;/h4-11,16,18,21H,3,12-15,17H2,1-2H3,(H2,28,29);2*1H. The van der Waals surface area contributed by atoms with Crippen LogP contribution in [-0.4, -0.2) is 47.0 Å². The Morgan fingerprint density at radius 2 is 1.86 bits per heavy atom. The number of amidine groups is 1. The van der Waals surface area contributed by atoms with Gasteiger partial charge >= 0.3 is 0 Å². The van der Waals surface area contributed by atoms with Gasteiger partial charge in [0.05, 0.1) is 28.2 Å². The van der Waals surface area contributed by atoms with E-state index in [1.165, 1.54) is 11.1 Å². The monoisotopic (exact) mass is 545 g/mol. The summed E-state index contributed by atoms with van der Waals surface area (Å²) < 4.78 is 8.08. The Hall–Kier alpha value is -2.58. The molecule has 192 valence electrons. The average molecular weight is 547 g/mol. The number of nitrogens with zero attached hydrogens (tertiary/aromatic N) is 4. The summed E-state index contributed by atoms with van der Waals surface area (Å²) in [5.74, 6) is 2.54. The van der Waals surface area contributed by atoms with Crippen LogP contribution in [0.3, 0.4) is 0 Å². The molecule has 2 aromatic carbocycles. The lowest BCUT2D eigenvalue weighted by molar-refractivity contribution is 0.222. The van der Waals surface area contributed by atoms with Crippen LogP contribution in [0.2, 0.25) is 0 Å². The Morgan fingerprint density at radius 1 is 1.11 bits per heavy atom.